The van der Waals surface area contributed by atoms with E-state index in [0.29, 0.717) is 70.9 Å². The minimum Gasteiger partial charge on any atom is -0.464 e. The summed E-state index contributed by atoms with van der Waals surface area (Å²) in [5.74, 6) is -1.87. The second-order valence-corrected chi connectivity index (χ2v) is 31.1. The van der Waals surface area contributed by atoms with Crippen molar-refractivity contribution in [3.63, 3.8) is 0 Å². The molecule has 1 saturated heterocycles. The normalized spacial score (nSPS) is 13.7. The summed E-state index contributed by atoms with van der Waals surface area (Å²) in [6.07, 6.45) is 91.8. The molecule has 110 heavy (non-hydrogen) atoms. The molecule has 1 heterocycles. The molecule has 0 aromatic rings. The van der Waals surface area contributed by atoms with Crippen LogP contribution >= 0.6 is 0 Å². The molecule has 0 aromatic carbocycles. The first-order valence-electron chi connectivity index (χ1n) is 45.8. The molecule has 1 aliphatic heterocycles. The van der Waals surface area contributed by atoms with Crippen molar-refractivity contribution in [2.24, 2.45) is 0 Å². The second-order valence-electron chi connectivity index (χ2n) is 31.1. The van der Waals surface area contributed by atoms with Crippen LogP contribution in [0.1, 0.15) is 400 Å². The third kappa shape index (κ3) is 70.1. The van der Waals surface area contributed by atoms with Crippen molar-refractivity contribution in [2.45, 2.75) is 418 Å². The summed E-state index contributed by atoms with van der Waals surface area (Å²) < 4.78 is 5.89. The Bertz CT molecular complexity index is 2460. The average molecular weight is 1540 g/mol. The van der Waals surface area contributed by atoms with Crippen molar-refractivity contribution >= 4 is 41.4 Å². The van der Waals surface area contributed by atoms with Gasteiger partial charge in [0, 0.05) is 45.3 Å². The number of carbonyl (C=O) groups excluding carboxylic acids is 7. The highest BCUT2D eigenvalue weighted by Gasteiger charge is 2.28. The number of rotatable bonds is 79. The predicted molar refractivity (Wildman–Crippen MR) is 466 cm³/mol. The number of ether oxygens (including phenoxy) is 1. The highest BCUT2D eigenvalue weighted by Crippen LogP contribution is 2.16. The Morgan fingerprint density at radius 1 is 0.291 bits per heavy atom. The van der Waals surface area contributed by atoms with Crippen molar-refractivity contribution in [3.8, 4) is 0 Å². The van der Waals surface area contributed by atoms with Crippen LogP contribution in [0.2, 0.25) is 0 Å². The van der Waals surface area contributed by atoms with Crippen LogP contribution in [0.3, 0.4) is 0 Å². The van der Waals surface area contributed by atoms with Crippen molar-refractivity contribution in [1.29, 1.82) is 0 Å². The van der Waals surface area contributed by atoms with Gasteiger partial charge < -0.3 is 41.5 Å². The SMILES string of the molecule is CCCCCC=CCC=CCCCCCCCC(=O)NCCCC(NC(=O)CCCCCCC/C=C\C/C=C\CCCCC)C(=O)NCCCC(NC(=O)C(CCCNC(=O)CCCCCCC/C=C\C/C=C\CCCCC)NC(=O)CCCCCCC/C=C\C/C=C\CCCCC)C(=O)OCCCCN1CCCC1. The molecule has 0 aromatic heterocycles. The van der Waals surface area contributed by atoms with Crippen molar-refractivity contribution in [3.05, 3.63) is 97.2 Å². The lowest BCUT2D eigenvalue weighted by Crippen LogP contribution is -2.52. The van der Waals surface area contributed by atoms with Crippen LogP contribution in [-0.2, 0) is 38.3 Å². The number of nitrogens with one attached hydrogen (secondary N) is 6. The monoisotopic (exact) mass is 1530 g/mol. The maximum atomic E-state index is 14.5. The molecule has 6 amide bonds. The lowest BCUT2D eigenvalue weighted by Gasteiger charge is -2.23. The van der Waals surface area contributed by atoms with E-state index in [0.717, 1.165) is 212 Å². The Morgan fingerprint density at radius 3 is 0.927 bits per heavy atom. The fourth-order valence-corrected chi connectivity index (χ4v) is 13.6. The number of hydrogen-bond donors (Lipinski definition) is 6. The average Bonchev–Trinajstić information content (AvgIpc) is 0.944. The summed E-state index contributed by atoms with van der Waals surface area (Å²) in [5, 5.41) is 18.1. The van der Waals surface area contributed by atoms with E-state index in [9.17, 15) is 33.6 Å². The third-order valence-electron chi connectivity index (χ3n) is 20.6. The molecule has 1 fully saturated rings. The number of esters is 1. The first-order chi connectivity index (χ1) is 54.0. The lowest BCUT2D eigenvalue weighted by atomic mass is 10.1. The van der Waals surface area contributed by atoms with Crippen molar-refractivity contribution in [1.82, 2.24) is 36.8 Å². The van der Waals surface area contributed by atoms with E-state index >= 15 is 0 Å². The summed E-state index contributed by atoms with van der Waals surface area (Å²) in [6.45, 7) is 13.1. The highest BCUT2D eigenvalue weighted by atomic mass is 16.5. The van der Waals surface area contributed by atoms with Gasteiger partial charge in [-0.1, -0.05) is 253 Å². The van der Waals surface area contributed by atoms with Crippen LogP contribution in [-0.4, -0.2) is 110 Å². The van der Waals surface area contributed by atoms with Crippen LogP contribution in [0.15, 0.2) is 97.2 Å². The number of amides is 6. The second kappa shape index (κ2) is 81.2. The number of likely N-dealkylation sites (tertiary alicyclic amines) is 1. The van der Waals surface area contributed by atoms with Crippen LogP contribution < -0.4 is 31.9 Å². The van der Waals surface area contributed by atoms with Gasteiger partial charge in [0.25, 0.3) is 0 Å². The first kappa shape index (κ1) is 102. The number of carbonyl (C=O) groups is 7. The minimum atomic E-state index is -1.06. The molecule has 15 heteroatoms. The quantitative estimate of drug-likeness (QED) is 0.0194. The highest BCUT2D eigenvalue weighted by molar-refractivity contribution is 5.91. The zero-order valence-electron chi connectivity index (χ0n) is 71.1. The number of allylic oxidation sites excluding steroid dienone is 16. The predicted octanol–water partition coefficient (Wildman–Crippen LogP) is 22.8. The molecule has 0 bridgehead atoms. The largest absolute Gasteiger partial charge is 0.464 e. The van der Waals surface area contributed by atoms with Crippen LogP contribution in [0, 0.1) is 0 Å². The summed E-state index contributed by atoms with van der Waals surface area (Å²) in [6, 6.07) is -2.85. The van der Waals surface area contributed by atoms with E-state index < -0.39 is 30.0 Å². The topological polar surface area (TPSA) is 204 Å². The van der Waals surface area contributed by atoms with Gasteiger partial charge in [-0.15, -0.1) is 0 Å². The van der Waals surface area contributed by atoms with Gasteiger partial charge in [0.05, 0.1) is 6.61 Å². The summed E-state index contributed by atoms with van der Waals surface area (Å²) >= 11 is 0. The zero-order valence-corrected chi connectivity index (χ0v) is 71.1. The molecule has 6 N–H and O–H groups in total. The van der Waals surface area contributed by atoms with E-state index in [2.05, 4.69) is 162 Å². The van der Waals surface area contributed by atoms with E-state index in [-0.39, 0.29) is 62.0 Å². The maximum absolute atomic E-state index is 14.5. The molecular formula is C95H167N7O8. The molecular weight excluding hydrogens is 1370 g/mol. The fraction of sp³-hybridized carbons (Fsp3) is 0.758. The lowest BCUT2D eigenvalue weighted by molar-refractivity contribution is -0.148. The zero-order chi connectivity index (χ0) is 79.6. The van der Waals surface area contributed by atoms with Gasteiger partial charge in [-0.3, -0.25) is 28.8 Å². The molecule has 1 rings (SSSR count). The summed E-state index contributed by atoms with van der Waals surface area (Å²) in [5.41, 5.74) is 0. The molecule has 630 valence electrons. The number of unbranched alkanes of at least 4 members (excludes halogenated alkanes) is 33. The Balaban J connectivity index is 3.09. The number of nitrogens with zero attached hydrogens (tertiary/aromatic N) is 1. The van der Waals surface area contributed by atoms with Gasteiger partial charge in [-0.25, -0.2) is 4.79 Å². The smallest absolute Gasteiger partial charge is 0.328 e. The molecule has 0 spiro atoms. The number of hydrogen-bond acceptors (Lipinski definition) is 9. The van der Waals surface area contributed by atoms with E-state index in [4.69, 9.17) is 4.74 Å². The van der Waals surface area contributed by atoms with Crippen LogP contribution in [0.5, 0.6) is 0 Å². The van der Waals surface area contributed by atoms with Gasteiger partial charge in [-0.2, -0.15) is 0 Å². The van der Waals surface area contributed by atoms with E-state index in [1.807, 2.05) is 0 Å². The third-order valence-corrected chi connectivity index (χ3v) is 20.6. The van der Waals surface area contributed by atoms with Crippen molar-refractivity contribution in [2.75, 3.05) is 45.9 Å². The maximum Gasteiger partial charge on any atom is 0.328 e. The Labute approximate surface area is 674 Å². The molecule has 15 nitrogen and oxygen atoms in total. The molecule has 0 radical (unpaired) electrons. The summed E-state index contributed by atoms with van der Waals surface area (Å²) in [7, 11) is 0. The van der Waals surface area contributed by atoms with E-state index in [1.165, 1.54) is 103 Å². The van der Waals surface area contributed by atoms with Gasteiger partial charge in [0.15, 0.2) is 0 Å². The Kier molecular flexibility index (Phi) is 75.4. The van der Waals surface area contributed by atoms with Gasteiger partial charge in [-0.05, 0) is 238 Å². The molecule has 0 saturated carbocycles. The Morgan fingerprint density at radius 2 is 0.582 bits per heavy atom. The first-order valence-corrected chi connectivity index (χ1v) is 45.8. The van der Waals surface area contributed by atoms with Gasteiger partial charge in [0.2, 0.25) is 35.4 Å². The molecule has 1 aliphatic rings. The molecule has 0 aliphatic carbocycles. The standard InChI is InChI=1S/C95H167N7O8/c1-5-9-13-17-21-25-29-33-37-41-45-49-53-57-61-75-89(103)96-79-69-72-86(99-91(105)77-63-59-55-51-47-43-39-35-31-27-23-19-15-11-7-3)93(107)98-81-71-74-88(95(109)110-85-68-67-84-102-82-65-66-83-102)101-94(108)87(100-92(106)78-64-60-56-52-48-44-40-36-32-28-24-20-16-12-8-4)73-70-80-97-90(104)76-62-58-54-50-46-42-38-34-30-26-22-18-14-10-6-2/h21-28,33-40,86-88H,5-20,29-32,41-85H2,1-4H3,(H,96,103)(H,97,104)(H,98,107)(H,99,105)(H,100,106)(H,101,108)/b25-21?,26-22-,27-23-,28-24-,37-33?,38-34-,39-35-,40-36-. The Hall–Kier alpha value is -5.83. The molecule has 3 unspecified atom stereocenters. The van der Waals surface area contributed by atoms with Crippen LogP contribution in [0.4, 0.5) is 0 Å². The summed E-state index contributed by atoms with van der Waals surface area (Å²) in [4.78, 5) is 98.4. The van der Waals surface area contributed by atoms with Crippen molar-refractivity contribution < 1.29 is 38.3 Å². The fourth-order valence-electron chi connectivity index (χ4n) is 13.6. The van der Waals surface area contributed by atoms with Gasteiger partial charge in [0.1, 0.15) is 18.1 Å². The minimum absolute atomic E-state index is 0.00704. The van der Waals surface area contributed by atoms with Gasteiger partial charge >= 0.3 is 5.97 Å². The van der Waals surface area contributed by atoms with E-state index in [1.54, 1.807) is 0 Å². The molecule has 3 atom stereocenters. The van der Waals surface area contributed by atoms with Crippen LogP contribution in [0.25, 0.3) is 0 Å².